The fourth-order valence-corrected chi connectivity index (χ4v) is 2.19. The highest BCUT2D eigenvalue weighted by Gasteiger charge is 2.04. The van der Waals surface area contributed by atoms with Crippen LogP contribution in [0.5, 0.6) is 0 Å². The highest BCUT2D eigenvalue weighted by atomic mass is 32.1. The zero-order chi connectivity index (χ0) is 12.5. The molecule has 0 aliphatic carbocycles. The first-order valence-electron chi connectivity index (χ1n) is 6.34. The van der Waals surface area contributed by atoms with Crippen LogP contribution in [0.2, 0.25) is 0 Å². The van der Waals surface area contributed by atoms with Gasteiger partial charge in [0.1, 0.15) is 10.0 Å². The Morgan fingerprint density at radius 3 is 2.53 bits per heavy atom. The summed E-state index contributed by atoms with van der Waals surface area (Å²) in [4.78, 5) is 0. The lowest BCUT2D eigenvalue weighted by atomic mass is 10.3. The molecule has 0 saturated heterocycles. The van der Waals surface area contributed by atoms with Gasteiger partial charge in [-0.2, -0.15) is 0 Å². The normalized spacial score (nSPS) is 11.3. The zero-order valence-electron chi connectivity index (χ0n) is 11.0. The van der Waals surface area contributed by atoms with Crippen LogP contribution in [0.15, 0.2) is 0 Å². The first-order chi connectivity index (χ1) is 8.22. The maximum Gasteiger partial charge on any atom is 0.119 e. The van der Waals surface area contributed by atoms with Gasteiger partial charge in [0.2, 0.25) is 0 Å². The molecule has 17 heavy (non-hydrogen) atoms. The molecular formula is C12H23N3OS. The van der Waals surface area contributed by atoms with Crippen LogP contribution in [0, 0.1) is 0 Å². The summed E-state index contributed by atoms with van der Waals surface area (Å²) < 4.78 is 5.44. The van der Waals surface area contributed by atoms with Crippen molar-refractivity contribution in [3.63, 3.8) is 0 Å². The van der Waals surface area contributed by atoms with Crippen molar-refractivity contribution in [2.24, 2.45) is 0 Å². The van der Waals surface area contributed by atoms with Crippen molar-refractivity contribution in [2.45, 2.75) is 46.1 Å². The summed E-state index contributed by atoms with van der Waals surface area (Å²) in [7, 11) is 0. The Hall–Kier alpha value is -0.520. The fourth-order valence-electron chi connectivity index (χ4n) is 1.36. The molecule has 0 aliphatic heterocycles. The van der Waals surface area contributed by atoms with Gasteiger partial charge < -0.3 is 10.1 Å². The van der Waals surface area contributed by atoms with Crippen LogP contribution in [0.25, 0.3) is 0 Å². The SMILES string of the molecule is CCCOCCc1nnc(CCNC(C)C)s1. The highest BCUT2D eigenvalue weighted by Crippen LogP contribution is 2.10. The Balaban J connectivity index is 2.18. The molecule has 5 heteroatoms. The Morgan fingerprint density at radius 1 is 1.18 bits per heavy atom. The van der Waals surface area contributed by atoms with Crippen LogP contribution in [0.4, 0.5) is 0 Å². The molecule has 1 heterocycles. The van der Waals surface area contributed by atoms with Crippen LogP contribution in [-0.2, 0) is 17.6 Å². The van der Waals surface area contributed by atoms with Crippen molar-refractivity contribution in [3.05, 3.63) is 10.0 Å². The Kier molecular flexibility index (Phi) is 7.32. The van der Waals surface area contributed by atoms with Crippen LogP contribution >= 0.6 is 11.3 Å². The Bertz CT molecular complexity index is 302. The van der Waals surface area contributed by atoms with Gasteiger partial charge in [0.05, 0.1) is 6.61 Å². The lowest BCUT2D eigenvalue weighted by Crippen LogP contribution is -2.24. The van der Waals surface area contributed by atoms with E-state index in [1.54, 1.807) is 11.3 Å². The highest BCUT2D eigenvalue weighted by molar-refractivity contribution is 7.11. The molecule has 0 unspecified atom stereocenters. The van der Waals surface area contributed by atoms with E-state index < -0.39 is 0 Å². The maximum atomic E-state index is 5.44. The average Bonchev–Trinajstić information content (AvgIpc) is 2.72. The van der Waals surface area contributed by atoms with Crippen molar-refractivity contribution in [1.82, 2.24) is 15.5 Å². The van der Waals surface area contributed by atoms with Crippen molar-refractivity contribution in [3.8, 4) is 0 Å². The molecule has 1 aromatic heterocycles. The molecule has 0 spiro atoms. The molecular weight excluding hydrogens is 234 g/mol. The topological polar surface area (TPSA) is 47.0 Å². The Labute approximate surface area is 108 Å². The molecule has 0 fully saturated rings. The monoisotopic (exact) mass is 257 g/mol. The maximum absolute atomic E-state index is 5.44. The van der Waals surface area contributed by atoms with E-state index in [1.807, 2.05) is 0 Å². The summed E-state index contributed by atoms with van der Waals surface area (Å²) in [6, 6.07) is 0.532. The molecule has 0 bridgehead atoms. The first-order valence-corrected chi connectivity index (χ1v) is 7.16. The number of ether oxygens (including phenoxy) is 1. The molecule has 98 valence electrons. The van der Waals surface area contributed by atoms with Gasteiger partial charge in [-0.15, -0.1) is 21.5 Å². The van der Waals surface area contributed by atoms with E-state index in [2.05, 4.69) is 36.3 Å². The molecule has 1 aromatic rings. The first kappa shape index (κ1) is 14.5. The van der Waals surface area contributed by atoms with Crippen molar-refractivity contribution >= 4 is 11.3 Å². The molecule has 1 rings (SSSR count). The second-order valence-electron chi connectivity index (χ2n) is 4.31. The van der Waals surface area contributed by atoms with Crippen molar-refractivity contribution in [1.29, 1.82) is 0 Å². The van der Waals surface area contributed by atoms with Gasteiger partial charge in [0.25, 0.3) is 0 Å². The number of hydrogen-bond acceptors (Lipinski definition) is 5. The van der Waals surface area contributed by atoms with Gasteiger partial charge in [-0.1, -0.05) is 20.8 Å². The third-order valence-electron chi connectivity index (χ3n) is 2.21. The van der Waals surface area contributed by atoms with E-state index in [9.17, 15) is 0 Å². The molecule has 1 N–H and O–H groups in total. The predicted molar refractivity (Wildman–Crippen MR) is 71.6 cm³/mol. The molecule has 0 aromatic carbocycles. The van der Waals surface area contributed by atoms with Crippen molar-refractivity contribution < 1.29 is 4.74 Å². The summed E-state index contributed by atoms with van der Waals surface area (Å²) in [6.07, 6.45) is 2.92. The van der Waals surface area contributed by atoms with Gasteiger partial charge in [-0.25, -0.2) is 0 Å². The minimum atomic E-state index is 0.532. The summed E-state index contributed by atoms with van der Waals surface area (Å²) >= 11 is 1.70. The minimum Gasteiger partial charge on any atom is -0.381 e. The predicted octanol–water partition coefficient (Wildman–Crippen LogP) is 2.05. The summed E-state index contributed by atoms with van der Waals surface area (Å²) in [5, 5.41) is 13.9. The van der Waals surface area contributed by atoms with E-state index in [1.165, 1.54) is 0 Å². The largest absolute Gasteiger partial charge is 0.381 e. The van der Waals surface area contributed by atoms with Crippen molar-refractivity contribution in [2.75, 3.05) is 19.8 Å². The Morgan fingerprint density at radius 2 is 1.88 bits per heavy atom. The zero-order valence-corrected chi connectivity index (χ0v) is 11.8. The van der Waals surface area contributed by atoms with E-state index in [4.69, 9.17) is 4.74 Å². The second-order valence-corrected chi connectivity index (χ2v) is 5.46. The third-order valence-corrected chi connectivity index (χ3v) is 3.25. The summed E-state index contributed by atoms with van der Waals surface area (Å²) in [6.45, 7) is 8.98. The van der Waals surface area contributed by atoms with Gasteiger partial charge in [0, 0.05) is 32.0 Å². The summed E-state index contributed by atoms with van der Waals surface area (Å²) in [5.41, 5.74) is 0. The van der Waals surface area contributed by atoms with Gasteiger partial charge in [-0.05, 0) is 6.42 Å². The molecule has 4 nitrogen and oxygen atoms in total. The number of nitrogens with zero attached hydrogens (tertiary/aromatic N) is 2. The van der Waals surface area contributed by atoms with Crippen LogP contribution in [0.1, 0.15) is 37.2 Å². The van der Waals surface area contributed by atoms with Gasteiger partial charge in [0.15, 0.2) is 0 Å². The molecule has 0 amide bonds. The van der Waals surface area contributed by atoms with E-state index in [-0.39, 0.29) is 0 Å². The number of aromatic nitrogens is 2. The fraction of sp³-hybridized carbons (Fsp3) is 0.833. The van der Waals surface area contributed by atoms with Crippen LogP contribution < -0.4 is 5.32 Å². The second kappa shape index (κ2) is 8.55. The molecule has 0 atom stereocenters. The average molecular weight is 257 g/mol. The lowest BCUT2D eigenvalue weighted by Gasteiger charge is -2.05. The van der Waals surface area contributed by atoms with E-state index >= 15 is 0 Å². The summed E-state index contributed by atoms with van der Waals surface area (Å²) in [5.74, 6) is 0. The molecule has 0 aliphatic rings. The standard InChI is InChI=1S/C12H23N3OS/c1-4-8-16-9-6-12-15-14-11(17-12)5-7-13-10(2)3/h10,13H,4-9H2,1-3H3. The number of rotatable bonds is 9. The van der Waals surface area contributed by atoms with Gasteiger partial charge >= 0.3 is 0 Å². The third kappa shape index (κ3) is 6.71. The smallest absolute Gasteiger partial charge is 0.119 e. The van der Waals surface area contributed by atoms with Crippen LogP contribution in [0.3, 0.4) is 0 Å². The lowest BCUT2D eigenvalue weighted by molar-refractivity contribution is 0.138. The van der Waals surface area contributed by atoms with E-state index in [0.717, 1.165) is 49.0 Å². The number of hydrogen-bond donors (Lipinski definition) is 1. The quantitative estimate of drug-likeness (QED) is 0.688. The minimum absolute atomic E-state index is 0.532. The molecule has 0 radical (unpaired) electrons. The van der Waals surface area contributed by atoms with E-state index in [0.29, 0.717) is 6.04 Å². The van der Waals surface area contributed by atoms with Gasteiger partial charge in [-0.3, -0.25) is 0 Å². The van der Waals surface area contributed by atoms with Crippen LogP contribution in [-0.4, -0.2) is 36.0 Å². The number of nitrogens with one attached hydrogen (secondary N) is 1. The molecule has 0 saturated carbocycles.